The molecule has 0 saturated heterocycles. The molecule has 1 aliphatic carbocycles. The number of hydrogen-bond donors (Lipinski definition) is 3. The average molecular weight is 127 g/mol. The van der Waals surface area contributed by atoms with Gasteiger partial charge in [0.15, 0.2) is 0 Å². The number of nitrogens with two attached hydrogens (primary N) is 2. The van der Waals surface area contributed by atoms with Crippen molar-refractivity contribution in [2.24, 2.45) is 23.3 Å². The Morgan fingerprint density at radius 3 is 2.11 bits per heavy atom. The predicted octanol–water partition coefficient (Wildman–Crippen LogP) is -0.956. The van der Waals surface area contributed by atoms with Gasteiger partial charge < -0.3 is 11.5 Å². The highest BCUT2D eigenvalue weighted by Crippen LogP contribution is 2.37. The van der Waals surface area contributed by atoms with Gasteiger partial charge in [-0.3, -0.25) is 10.2 Å². The SMILES string of the molecule is N=C(N)[C@H]1C[C@@H]1C(N)=O. The lowest BCUT2D eigenvalue weighted by Crippen LogP contribution is -2.20. The molecule has 0 unspecified atom stereocenters. The Bertz CT molecular complexity index is 148. The van der Waals surface area contributed by atoms with Gasteiger partial charge in [0.1, 0.15) is 0 Å². The summed E-state index contributed by atoms with van der Waals surface area (Å²) < 4.78 is 0. The van der Waals surface area contributed by atoms with Gasteiger partial charge in [-0.2, -0.15) is 0 Å². The van der Waals surface area contributed by atoms with E-state index in [4.69, 9.17) is 16.9 Å². The summed E-state index contributed by atoms with van der Waals surface area (Å²) >= 11 is 0. The molecular formula is C5H9N3O. The Morgan fingerprint density at radius 1 is 1.44 bits per heavy atom. The molecule has 0 spiro atoms. The maximum absolute atomic E-state index is 10.3. The van der Waals surface area contributed by atoms with E-state index in [1.54, 1.807) is 0 Å². The van der Waals surface area contributed by atoms with Crippen molar-refractivity contribution in [1.82, 2.24) is 0 Å². The van der Waals surface area contributed by atoms with Crippen molar-refractivity contribution in [3.05, 3.63) is 0 Å². The number of rotatable bonds is 2. The summed E-state index contributed by atoms with van der Waals surface area (Å²) in [5.41, 5.74) is 10.0. The fourth-order valence-corrected chi connectivity index (χ4v) is 0.853. The summed E-state index contributed by atoms with van der Waals surface area (Å²) in [6.45, 7) is 0. The maximum atomic E-state index is 10.3. The van der Waals surface area contributed by atoms with E-state index in [1.807, 2.05) is 0 Å². The normalized spacial score (nSPS) is 31.6. The van der Waals surface area contributed by atoms with E-state index in [-0.39, 0.29) is 23.6 Å². The van der Waals surface area contributed by atoms with Crippen LogP contribution in [0.5, 0.6) is 0 Å². The van der Waals surface area contributed by atoms with E-state index in [9.17, 15) is 4.79 Å². The van der Waals surface area contributed by atoms with Crippen LogP contribution in [0.2, 0.25) is 0 Å². The van der Waals surface area contributed by atoms with Gasteiger partial charge >= 0.3 is 0 Å². The summed E-state index contributed by atoms with van der Waals surface area (Å²) in [4.78, 5) is 10.3. The molecule has 0 aliphatic heterocycles. The molecule has 1 saturated carbocycles. The van der Waals surface area contributed by atoms with Crippen LogP contribution in [0, 0.1) is 17.2 Å². The summed E-state index contributed by atoms with van der Waals surface area (Å²) in [6, 6.07) is 0. The lowest BCUT2D eigenvalue weighted by Gasteiger charge is -1.89. The maximum Gasteiger partial charge on any atom is 0.221 e. The Labute approximate surface area is 52.7 Å². The molecule has 50 valence electrons. The highest BCUT2D eigenvalue weighted by Gasteiger charge is 2.43. The van der Waals surface area contributed by atoms with Crippen LogP contribution >= 0.6 is 0 Å². The molecule has 9 heavy (non-hydrogen) atoms. The van der Waals surface area contributed by atoms with Crippen LogP contribution in [-0.2, 0) is 4.79 Å². The number of carbonyl (C=O) groups excluding carboxylic acids is 1. The minimum absolute atomic E-state index is 0.0532. The predicted molar refractivity (Wildman–Crippen MR) is 32.7 cm³/mol. The lowest BCUT2D eigenvalue weighted by atomic mass is 10.3. The Hall–Kier alpha value is -1.06. The number of carbonyl (C=O) groups is 1. The summed E-state index contributed by atoms with van der Waals surface area (Å²) in [7, 11) is 0. The molecule has 1 fully saturated rings. The van der Waals surface area contributed by atoms with Crippen LogP contribution in [0.1, 0.15) is 6.42 Å². The van der Waals surface area contributed by atoms with Crippen LogP contribution in [0.3, 0.4) is 0 Å². The molecule has 0 heterocycles. The Morgan fingerprint density at radius 2 is 2.00 bits per heavy atom. The van der Waals surface area contributed by atoms with Crippen molar-refractivity contribution in [2.45, 2.75) is 6.42 Å². The first-order chi connectivity index (χ1) is 4.13. The average Bonchev–Trinajstić information content (AvgIpc) is 2.39. The minimum atomic E-state index is -0.338. The van der Waals surface area contributed by atoms with Crippen molar-refractivity contribution in [3.63, 3.8) is 0 Å². The zero-order valence-corrected chi connectivity index (χ0v) is 4.92. The van der Waals surface area contributed by atoms with Gasteiger partial charge in [0, 0.05) is 11.8 Å². The van der Waals surface area contributed by atoms with Gasteiger partial charge in [0.05, 0.1) is 5.84 Å². The van der Waals surface area contributed by atoms with E-state index in [0.717, 1.165) is 0 Å². The molecule has 0 bridgehead atoms. The molecule has 5 N–H and O–H groups in total. The molecule has 1 rings (SSSR count). The number of amidine groups is 1. The smallest absolute Gasteiger partial charge is 0.221 e. The number of primary amides is 1. The Balaban J connectivity index is 2.42. The van der Waals surface area contributed by atoms with Crippen LogP contribution in [-0.4, -0.2) is 11.7 Å². The van der Waals surface area contributed by atoms with Crippen LogP contribution in [0.4, 0.5) is 0 Å². The first-order valence-corrected chi connectivity index (χ1v) is 2.76. The van der Waals surface area contributed by atoms with Gasteiger partial charge in [-0.1, -0.05) is 0 Å². The van der Waals surface area contributed by atoms with E-state index < -0.39 is 0 Å². The first kappa shape index (κ1) is 6.07. The minimum Gasteiger partial charge on any atom is -0.387 e. The highest BCUT2D eigenvalue weighted by atomic mass is 16.1. The molecular weight excluding hydrogens is 118 g/mol. The number of nitrogens with one attached hydrogen (secondary N) is 1. The summed E-state index contributed by atoms with van der Waals surface area (Å²) in [5, 5.41) is 6.91. The van der Waals surface area contributed by atoms with Gasteiger partial charge in [-0.15, -0.1) is 0 Å². The van der Waals surface area contributed by atoms with E-state index in [1.165, 1.54) is 0 Å². The van der Waals surface area contributed by atoms with Crippen LogP contribution in [0.15, 0.2) is 0 Å². The molecule has 4 heteroatoms. The van der Waals surface area contributed by atoms with Gasteiger partial charge in [0.25, 0.3) is 0 Å². The van der Waals surface area contributed by atoms with Crippen molar-refractivity contribution in [1.29, 1.82) is 5.41 Å². The van der Waals surface area contributed by atoms with E-state index in [0.29, 0.717) is 6.42 Å². The second-order valence-electron chi connectivity index (χ2n) is 2.31. The van der Waals surface area contributed by atoms with Gasteiger partial charge in [0.2, 0.25) is 5.91 Å². The van der Waals surface area contributed by atoms with Crippen molar-refractivity contribution >= 4 is 11.7 Å². The largest absolute Gasteiger partial charge is 0.387 e. The van der Waals surface area contributed by atoms with E-state index in [2.05, 4.69) is 0 Å². The van der Waals surface area contributed by atoms with Crippen LogP contribution < -0.4 is 11.5 Å². The van der Waals surface area contributed by atoms with Crippen molar-refractivity contribution in [3.8, 4) is 0 Å². The molecule has 1 aliphatic rings. The second kappa shape index (κ2) is 1.72. The zero-order valence-electron chi connectivity index (χ0n) is 4.92. The molecule has 1 amide bonds. The third-order valence-electron chi connectivity index (χ3n) is 1.56. The fourth-order valence-electron chi connectivity index (χ4n) is 0.853. The topological polar surface area (TPSA) is 93.0 Å². The monoisotopic (exact) mass is 127 g/mol. The zero-order chi connectivity index (χ0) is 7.02. The second-order valence-corrected chi connectivity index (χ2v) is 2.31. The third-order valence-corrected chi connectivity index (χ3v) is 1.56. The third kappa shape index (κ3) is 1.01. The molecule has 0 radical (unpaired) electrons. The molecule has 2 atom stereocenters. The standard InChI is InChI=1S/C5H9N3O/c6-4(7)2-1-3(2)5(8)9/h2-3H,1H2,(H3,6,7)(H2,8,9)/t2-,3-/m0/s1. The van der Waals surface area contributed by atoms with Gasteiger partial charge in [-0.25, -0.2) is 0 Å². The van der Waals surface area contributed by atoms with E-state index >= 15 is 0 Å². The Kier molecular flexibility index (Phi) is 1.16. The fraction of sp³-hybridized carbons (Fsp3) is 0.600. The molecule has 0 aromatic rings. The molecule has 0 aromatic heterocycles. The van der Waals surface area contributed by atoms with Crippen molar-refractivity contribution < 1.29 is 4.79 Å². The first-order valence-electron chi connectivity index (χ1n) is 2.76. The molecule has 0 aromatic carbocycles. The lowest BCUT2D eigenvalue weighted by molar-refractivity contribution is -0.119. The van der Waals surface area contributed by atoms with Crippen molar-refractivity contribution in [2.75, 3.05) is 0 Å². The number of hydrogen-bond acceptors (Lipinski definition) is 2. The van der Waals surface area contributed by atoms with Crippen LogP contribution in [0.25, 0.3) is 0 Å². The quantitative estimate of drug-likeness (QED) is 0.329. The van der Waals surface area contributed by atoms with Gasteiger partial charge in [-0.05, 0) is 6.42 Å². The molecule has 4 nitrogen and oxygen atoms in total. The highest BCUT2D eigenvalue weighted by molar-refractivity contribution is 5.92. The summed E-state index contributed by atoms with van der Waals surface area (Å²) in [5.74, 6) is -0.459. The number of amides is 1. The summed E-state index contributed by atoms with van der Waals surface area (Å²) in [6.07, 6.45) is 0.671.